The number of nitrogens with two attached hydrogens (primary N) is 2. The van der Waals surface area contributed by atoms with Crippen LogP contribution in [0.5, 0.6) is 0 Å². The summed E-state index contributed by atoms with van der Waals surface area (Å²) >= 11 is 1.37. The maximum atomic E-state index is 5.64. The highest BCUT2D eigenvalue weighted by atomic mass is 32.2. The van der Waals surface area contributed by atoms with Crippen molar-refractivity contribution in [2.45, 2.75) is 10.9 Å². The number of thioether (sulfide) groups is 1. The standard InChI is InChI=1S/C12H12N8S/c13-9-6-10(14)16-12(15-9)21-7-11-17-18-19-20(11)8-4-2-1-3-5-8/h1-6H,7H2,(H4,13,14,15,16). The van der Waals surface area contributed by atoms with Crippen LogP contribution in [-0.4, -0.2) is 30.2 Å². The Morgan fingerprint density at radius 3 is 2.48 bits per heavy atom. The summed E-state index contributed by atoms with van der Waals surface area (Å²) in [7, 11) is 0. The Bertz CT molecular complexity index is 722. The van der Waals surface area contributed by atoms with E-state index in [1.54, 1.807) is 4.68 Å². The molecule has 1 aromatic carbocycles. The smallest absolute Gasteiger partial charge is 0.191 e. The lowest BCUT2D eigenvalue weighted by Crippen LogP contribution is -2.03. The fourth-order valence-corrected chi connectivity index (χ4v) is 2.50. The van der Waals surface area contributed by atoms with Gasteiger partial charge in [0.05, 0.1) is 11.4 Å². The van der Waals surface area contributed by atoms with Gasteiger partial charge >= 0.3 is 0 Å². The quantitative estimate of drug-likeness (QED) is 0.538. The Labute approximate surface area is 124 Å². The van der Waals surface area contributed by atoms with Crippen molar-refractivity contribution in [1.29, 1.82) is 0 Å². The highest BCUT2D eigenvalue weighted by molar-refractivity contribution is 7.98. The predicted molar refractivity (Wildman–Crippen MR) is 79.6 cm³/mol. The van der Waals surface area contributed by atoms with Gasteiger partial charge < -0.3 is 11.5 Å². The molecule has 0 fully saturated rings. The van der Waals surface area contributed by atoms with Crippen molar-refractivity contribution in [3.63, 3.8) is 0 Å². The molecule has 0 bridgehead atoms. The first-order valence-corrected chi connectivity index (χ1v) is 7.06. The maximum Gasteiger partial charge on any atom is 0.191 e. The molecule has 3 rings (SSSR count). The number of hydrogen-bond donors (Lipinski definition) is 2. The number of aromatic nitrogens is 6. The van der Waals surface area contributed by atoms with Crippen molar-refractivity contribution >= 4 is 23.4 Å². The lowest BCUT2D eigenvalue weighted by Gasteiger charge is -2.04. The summed E-state index contributed by atoms with van der Waals surface area (Å²) in [6.45, 7) is 0. The van der Waals surface area contributed by atoms with E-state index in [0.29, 0.717) is 28.4 Å². The van der Waals surface area contributed by atoms with Crippen LogP contribution in [0.4, 0.5) is 11.6 Å². The summed E-state index contributed by atoms with van der Waals surface area (Å²) in [5.74, 6) is 1.88. The molecule has 0 amide bonds. The van der Waals surface area contributed by atoms with Crippen LogP contribution < -0.4 is 11.5 Å². The number of nitrogens with zero attached hydrogens (tertiary/aromatic N) is 6. The molecular weight excluding hydrogens is 288 g/mol. The molecule has 2 aromatic heterocycles. The van der Waals surface area contributed by atoms with E-state index in [4.69, 9.17) is 11.5 Å². The monoisotopic (exact) mass is 300 g/mol. The van der Waals surface area contributed by atoms with E-state index in [2.05, 4.69) is 25.5 Å². The van der Waals surface area contributed by atoms with E-state index < -0.39 is 0 Å². The number of anilines is 2. The van der Waals surface area contributed by atoms with Crippen LogP contribution in [0.15, 0.2) is 41.6 Å². The van der Waals surface area contributed by atoms with Gasteiger partial charge in [-0.15, -0.1) is 5.10 Å². The normalized spacial score (nSPS) is 10.7. The number of rotatable bonds is 4. The minimum atomic E-state index is 0.340. The highest BCUT2D eigenvalue weighted by Crippen LogP contribution is 2.21. The summed E-state index contributed by atoms with van der Waals surface area (Å²) in [5, 5.41) is 12.2. The average molecular weight is 300 g/mol. The van der Waals surface area contributed by atoms with Crippen LogP contribution in [-0.2, 0) is 5.75 Å². The maximum absolute atomic E-state index is 5.64. The third-order valence-corrected chi connectivity index (χ3v) is 3.45. The highest BCUT2D eigenvalue weighted by Gasteiger charge is 2.10. The van der Waals surface area contributed by atoms with Gasteiger partial charge in [-0.2, -0.15) is 4.68 Å². The molecule has 21 heavy (non-hydrogen) atoms. The zero-order chi connectivity index (χ0) is 14.7. The van der Waals surface area contributed by atoms with Gasteiger partial charge in [0, 0.05) is 6.07 Å². The van der Waals surface area contributed by atoms with Crippen LogP contribution in [0, 0.1) is 0 Å². The largest absolute Gasteiger partial charge is 0.383 e. The van der Waals surface area contributed by atoms with E-state index in [-0.39, 0.29) is 0 Å². The minimum Gasteiger partial charge on any atom is -0.383 e. The molecule has 2 heterocycles. The summed E-state index contributed by atoms with van der Waals surface area (Å²) in [6.07, 6.45) is 0. The fraction of sp³-hybridized carbons (Fsp3) is 0.0833. The van der Waals surface area contributed by atoms with E-state index in [0.717, 1.165) is 5.69 Å². The van der Waals surface area contributed by atoms with Gasteiger partial charge in [-0.1, -0.05) is 30.0 Å². The first-order valence-electron chi connectivity index (χ1n) is 6.08. The van der Waals surface area contributed by atoms with Crippen LogP contribution in [0.2, 0.25) is 0 Å². The van der Waals surface area contributed by atoms with E-state index in [1.165, 1.54) is 17.8 Å². The lowest BCUT2D eigenvalue weighted by molar-refractivity contribution is 0.777. The van der Waals surface area contributed by atoms with Gasteiger partial charge in [0.25, 0.3) is 0 Å². The summed E-state index contributed by atoms with van der Waals surface area (Å²) in [6, 6.07) is 11.2. The van der Waals surface area contributed by atoms with Crippen molar-refractivity contribution in [2.24, 2.45) is 0 Å². The van der Waals surface area contributed by atoms with Crippen LogP contribution >= 0.6 is 11.8 Å². The zero-order valence-electron chi connectivity index (χ0n) is 10.9. The molecule has 106 valence electrons. The first kappa shape index (κ1) is 13.3. The van der Waals surface area contributed by atoms with E-state index in [9.17, 15) is 0 Å². The first-order chi connectivity index (χ1) is 10.2. The summed E-state index contributed by atoms with van der Waals surface area (Å²) in [4.78, 5) is 8.22. The van der Waals surface area contributed by atoms with Crippen molar-refractivity contribution in [2.75, 3.05) is 11.5 Å². The molecule has 0 unspecified atom stereocenters. The Hall–Kier alpha value is -2.68. The molecule has 0 aliphatic heterocycles. The number of nitrogen functional groups attached to an aromatic ring is 2. The Balaban J connectivity index is 1.79. The third-order valence-electron chi connectivity index (χ3n) is 2.61. The van der Waals surface area contributed by atoms with Crippen molar-refractivity contribution in [1.82, 2.24) is 30.2 Å². The molecule has 0 spiro atoms. The number of para-hydroxylation sites is 1. The Kier molecular flexibility index (Phi) is 3.65. The van der Waals surface area contributed by atoms with Gasteiger partial charge in [-0.25, -0.2) is 9.97 Å². The second-order valence-corrected chi connectivity index (χ2v) is 5.07. The van der Waals surface area contributed by atoms with Gasteiger partial charge in [-0.3, -0.25) is 0 Å². The predicted octanol–water partition coefficient (Wildman–Crippen LogP) is 0.909. The second kappa shape index (κ2) is 5.75. The van der Waals surface area contributed by atoms with Crippen LogP contribution in [0.3, 0.4) is 0 Å². The molecule has 0 aliphatic rings. The van der Waals surface area contributed by atoms with Gasteiger partial charge in [0.15, 0.2) is 11.0 Å². The topological polar surface area (TPSA) is 121 Å². The summed E-state index contributed by atoms with van der Waals surface area (Å²) < 4.78 is 1.67. The lowest BCUT2D eigenvalue weighted by atomic mass is 10.3. The van der Waals surface area contributed by atoms with Gasteiger partial charge in [-0.05, 0) is 22.6 Å². The summed E-state index contributed by atoms with van der Waals surface area (Å²) in [5.41, 5.74) is 12.2. The molecule has 9 heteroatoms. The fourth-order valence-electron chi connectivity index (χ4n) is 1.72. The van der Waals surface area contributed by atoms with Crippen molar-refractivity contribution < 1.29 is 0 Å². The molecule has 0 radical (unpaired) electrons. The third kappa shape index (κ3) is 3.08. The van der Waals surface area contributed by atoms with Crippen LogP contribution in [0.1, 0.15) is 5.82 Å². The minimum absolute atomic E-state index is 0.340. The molecule has 0 saturated heterocycles. The van der Waals surface area contributed by atoms with Crippen molar-refractivity contribution in [3.8, 4) is 5.69 Å². The molecule has 3 aromatic rings. The number of tetrazole rings is 1. The molecule has 0 aliphatic carbocycles. The number of hydrogen-bond acceptors (Lipinski definition) is 8. The SMILES string of the molecule is Nc1cc(N)nc(SCc2nnnn2-c2ccccc2)n1. The molecule has 0 saturated carbocycles. The molecular formula is C12H12N8S. The average Bonchev–Trinajstić information content (AvgIpc) is 2.93. The zero-order valence-corrected chi connectivity index (χ0v) is 11.7. The molecule has 8 nitrogen and oxygen atoms in total. The number of benzene rings is 1. The van der Waals surface area contributed by atoms with E-state index >= 15 is 0 Å². The van der Waals surface area contributed by atoms with Gasteiger partial charge in [0.1, 0.15) is 11.6 Å². The van der Waals surface area contributed by atoms with Gasteiger partial charge in [0.2, 0.25) is 0 Å². The van der Waals surface area contributed by atoms with Crippen molar-refractivity contribution in [3.05, 3.63) is 42.2 Å². The second-order valence-electron chi connectivity index (χ2n) is 4.13. The molecule has 4 N–H and O–H groups in total. The Morgan fingerprint density at radius 1 is 1.05 bits per heavy atom. The Morgan fingerprint density at radius 2 is 1.76 bits per heavy atom. The van der Waals surface area contributed by atoms with E-state index in [1.807, 2.05) is 30.3 Å². The van der Waals surface area contributed by atoms with Crippen LogP contribution in [0.25, 0.3) is 5.69 Å². The molecule has 0 atom stereocenters.